The summed E-state index contributed by atoms with van der Waals surface area (Å²) in [5.41, 5.74) is 9.13. The van der Waals surface area contributed by atoms with Crippen LogP contribution in [0.25, 0.3) is 10.4 Å². The SMILES string of the molecule is CC(C)Oc1ccccc1CN=[N+]=[N-]. The minimum Gasteiger partial charge on any atom is -0.491 e. The predicted molar refractivity (Wildman–Crippen MR) is 55.1 cm³/mol. The largest absolute Gasteiger partial charge is 0.491 e. The van der Waals surface area contributed by atoms with E-state index >= 15 is 0 Å². The molecule has 0 bridgehead atoms. The van der Waals surface area contributed by atoms with E-state index in [9.17, 15) is 0 Å². The van der Waals surface area contributed by atoms with Gasteiger partial charge in [-0.25, -0.2) is 0 Å². The molecule has 0 heterocycles. The van der Waals surface area contributed by atoms with Crippen molar-refractivity contribution in [2.75, 3.05) is 0 Å². The molecule has 0 N–H and O–H groups in total. The fraction of sp³-hybridized carbons (Fsp3) is 0.400. The van der Waals surface area contributed by atoms with Crippen molar-refractivity contribution in [2.45, 2.75) is 26.5 Å². The number of ether oxygens (including phenoxy) is 1. The monoisotopic (exact) mass is 191 g/mol. The lowest BCUT2D eigenvalue weighted by molar-refractivity contribution is 0.240. The maximum absolute atomic E-state index is 8.22. The van der Waals surface area contributed by atoms with Crippen LogP contribution in [0, 0.1) is 0 Å². The molecule has 74 valence electrons. The summed E-state index contributed by atoms with van der Waals surface area (Å²) in [6.07, 6.45) is 0.127. The number of azide groups is 1. The second-order valence-corrected chi connectivity index (χ2v) is 3.16. The molecular formula is C10H13N3O. The normalized spacial score (nSPS) is 9.64. The lowest BCUT2D eigenvalue weighted by Crippen LogP contribution is -2.07. The van der Waals surface area contributed by atoms with Gasteiger partial charge in [-0.2, -0.15) is 0 Å². The first-order valence-corrected chi connectivity index (χ1v) is 4.49. The number of hydrogen-bond acceptors (Lipinski definition) is 2. The van der Waals surface area contributed by atoms with E-state index in [2.05, 4.69) is 10.0 Å². The zero-order valence-electron chi connectivity index (χ0n) is 8.34. The van der Waals surface area contributed by atoms with Crippen LogP contribution >= 0.6 is 0 Å². The number of nitrogens with zero attached hydrogens (tertiary/aromatic N) is 3. The highest BCUT2D eigenvalue weighted by Crippen LogP contribution is 2.19. The Hall–Kier alpha value is -1.67. The molecule has 0 unspecified atom stereocenters. The predicted octanol–water partition coefficient (Wildman–Crippen LogP) is 3.28. The van der Waals surface area contributed by atoms with E-state index in [-0.39, 0.29) is 6.10 Å². The molecule has 0 spiro atoms. The summed E-state index contributed by atoms with van der Waals surface area (Å²) in [6.45, 7) is 4.26. The first-order chi connectivity index (χ1) is 6.74. The number of rotatable bonds is 4. The average molecular weight is 191 g/mol. The zero-order chi connectivity index (χ0) is 10.4. The molecule has 1 aromatic carbocycles. The van der Waals surface area contributed by atoms with E-state index < -0.39 is 0 Å². The molecule has 4 nitrogen and oxygen atoms in total. The summed E-state index contributed by atoms with van der Waals surface area (Å²) in [4.78, 5) is 2.72. The minimum atomic E-state index is 0.127. The van der Waals surface area contributed by atoms with Crippen LogP contribution in [-0.4, -0.2) is 6.10 Å². The van der Waals surface area contributed by atoms with Crippen molar-refractivity contribution in [1.29, 1.82) is 0 Å². The third-order valence-corrected chi connectivity index (χ3v) is 1.64. The van der Waals surface area contributed by atoms with E-state index in [1.165, 1.54) is 0 Å². The fourth-order valence-corrected chi connectivity index (χ4v) is 1.11. The third-order valence-electron chi connectivity index (χ3n) is 1.64. The fourth-order valence-electron chi connectivity index (χ4n) is 1.11. The molecule has 0 radical (unpaired) electrons. The van der Waals surface area contributed by atoms with E-state index in [1.54, 1.807) is 0 Å². The third kappa shape index (κ3) is 2.99. The Bertz CT molecular complexity index is 343. The van der Waals surface area contributed by atoms with Gasteiger partial charge in [0.1, 0.15) is 5.75 Å². The molecule has 14 heavy (non-hydrogen) atoms. The second-order valence-electron chi connectivity index (χ2n) is 3.16. The molecule has 0 fully saturated rings. The average Bonchev–Trinajstić information content (AvgIpc) is 2.16. The zero-order valence-corrected chi connectivity index (χ0v) is 8.34. The Balaban J connectivity index is 2.84. The van der Waals surface area contributed by atoms with Gasteiger partial charge in [-0.3, -0.25) is 0 Å². The lowest BCUT2D eigenvalue weighted by Gasteiger charge is -2.12. The number of benzene rings is 1. The van der Waals surface area contributed by atoms with Crippen molar-refractivity contribution >= 4 is 0 Å². The van der Waals surface area contributed by atoms with Gasteiger partial charge in [0.2, 0.25) is 0 Å². The van der Waals surface area contributed by atoms with Crippen LogP contribution in [0.4, 0.5) is 0 Å². The van der Waals surface area contributed by atoms with Crippen molar-refractivity contribution in [3.8, 4) is 5.75 Å². The molecule has 0 aliphatic carbocycles. The van der Waals surface area contributed by atoms with Crippen molar-refractivity contribution in [3.63, 3.8) is 0 Å². The molecule has 1 aromatic rings. The number of hydrogen-bond donors (Lipinski definition) is 0. The molecule has 0 aliphatic heterocycles. The summed E-state index contributed by atoms with van der Waals surface area (Å²) in [6, 6.07) is 7.57. The van der Waals surface area contributed by atoms with E-state index in [0.717, 1.165) is 11.3 Å². The van der Waals surface area contributed by atoms with Crippen molar-refractivity contribution in [1.82, 2.24) is 0 Å². The lowest BCUT2D eigenvalue weighted by atomic mass is 10.2. The van der Waals surface area contributed by atoms with E-state index in [1.807, 2.05) is 38.1 Å². The van der Waals surface area contributed by atoms with Crippen LogP contribution in [0.2, 0.25) is 0 Å². The Morgan fingerprint density at radius 3 is 2.79 bits per heavy atom. The first kappa shape index (κ1) is 10.4. The van der Waals surface area contributed by atoms with Crippen LogP contribution in [0.5, 0.6) is 5.75 Å². The Morgan fingerprint density at radius 2 is 2.14 bits per heavy atom. The molecule has 4 heteroatoms. The van der Waals surface area contributed by atoms with Gasteiger partial charge in [0.05, 0.1) is 12.6 Å². The van der Waals surface area contributed by atoms with Crippen LogP contribution < -0.4 is 4.74 Å². The van der Waals surface area contributed by atoms with Gasteiger partial charge in [-0.1, -0.05) is 23.3 Å². The van der Waals surface area contributed by atoms with Crippen molar-refractivity contribution in [2.24, 2.45) is 5.11 Å². The molecule has 0 aliphatic rings. The minimum absolute atomic E-state index is 0.127. The van der Waals surface area contributed by atoms with E-state index in [4.69, 9.17) is 10.3 Å². The summed E-state index contributed by atoms with van der Waals surface area (Å²) >= 11 is 0. The summed E-state index contributed by atoms with van der Waals surface area (Å²) in [5.74, 6) is 0.787. The molecule has 0 amide bonds. The van der Waals surface area contributed by atoms with Gasteiger partial charge in [0, 0.05) is 4.91 Å². The van der Waals surface area contributed by atoms with Gasteiger partial charge in [0.15, 0.2) is 0 Å². The molecule has 0 saturated carbocycles. The highest BCUT2D eigenvalue weighted by molar-refractivity contribution is 5.33. The van der Waals surface area contributed by atoms with Gasteiger partial charge >= 0.3 is 0 Å². The standard InChI is InChI=1S/C10H13N3O/c1-8(2)14-10-6-4-3-5-9(10)7-12-13-11/h3-6,8H,7H2,1-2H3. The van der Waals surface area contributed by atoms with Crippen LogP contribution in [0.15, 0.2) is 29.4 Å². The van der Waals surface area contributed by atoms with Gasteiger partial charge in [-0.05, 0) is 31.0 Å². The molecule has 0 saturated heterocycles. The molecular weight excluding hydrogens is 178 g/mol. The Labute approximate surface area is 83.1 Å². The van der Waals surface area contributed by atoms with Crippen LogP contribution in [-0.2, 0) is 6.54 Å². The topological polar surface area (TPSA) is 58.0 Å². The highest BCUT2D eigenvalue weighted by atomic mass is 16.5. The Kier molecular flexibility index (Phi) is 3.83. The highest BCUT2D eigenvalue weighted by Gasteiger charge is 2.02. The second kappa shape index (κ2) is 5.14. The maximum atomic E-state index is 8.22. The quantitative estimate of drug-likeness (QED) is 0.409. The van der Waals surface area contributed by atoms with Gasteiger partial charge in [-0.15, -0.1) is 0 Å². The number of para-hydroxylation sites is 1. The molecule has 1 rings (SSSR count). The molecule has 0 atom stereocenters. The van der Waals surface area contributed by atoms with E-state index in [0.29, 0.717) is 6.54 Å². The molecule has 0 aromatic heterocycles. The van der Waals surface area contributed by atoms with Gasteiger partial charge in [0.25, 0.3) is 0 Å². The maximum Gasteiger partial charge on any atom is 0.122 e. The smallest absolute Gasteiger partial charge is 0.122 e. The van der Waals surface area contributed by atoms with Crippen LogP contribution in [0.3, 0.4) is 0 Å². The van der Waals surface area contributed by atoms with Crippen LogP contribution in [0.1, 0.15) is 19.4 Å². The summed E-state index contributed by atoms with van der Waals surface area (Å²) in [5, 5.41) is 3.51. The van der Waals surface area contributed by atoms with Crippen molar-refractivity contribution in [3.05, 3.63) is 40.3 Å². The Morgan fingerprint density at radius 1 is 1.43 bits per heavy atom. The van der Waals surface area contributed by atoms with Gasteiger partial charge < -0.3 is 4.74 Å². The summed E-state index contributed by atoms with van der Waals surface area (Å²) in [7, 11) is 0. The first-order valence-electron chi connectivity index (χ1n) is 4.49. The summed E-state index contributed by atoms with van der Waals surface area (Å²) < 4.78 is 5.56. The van der Waals surface area contributed by atoms with Crippen molar-refractivity contribution < 1.29 is 4.74 Å².